The maximum absolute atomic E-state index is 12.7. The standard InChI is InChI=1S/C16H18N2O4S2/c1-11-3-4-14-12(7-11)9-18(5-6-22-14)16(19)15-8-13(10-23-15)24(20,21)17-2/h3-4,7-8,10,17H,5-6,9H2,1-2H3. The summed E-state index contributed by atoms with van der Waals surface area (Å²) in [5.74, 6) is 0.607. The largest absolute Gasteiger partial charge is 0.491 e. The van der Waals surface area contributed by atoms with Crippen LogP contribution in [0.4, 0.5) is 0 Å². The van der Waals surface area contributed by atoms with Crippen LogP contribution in [0.3, 0.4) is 0 Å². The minimum Gasteiger partial charge on any atom is -0.491 e. The van der Waals surface area contributed by atoms with Crippen LogP contribution in [0.25, 0.3) is 0 Å². The molecule has 0 atom stereocenters. The topological polar surface area (TPSA) is 75.7 Å². The molecule has 2 aromatic rings. The molecular weight excluding hydrogens is 348 g/mol. The van der Waals surface area contributed by atoms with Crippen LogP contribution in [-0.4, -0.2) is 39.4 Å². The molecule has 6 nitrogen and oxygen atoms in total. The van der Waals surface area contributed by atoms with Crippen molar-refractivity contribution in [3.63, 3.8) is 0 Å². The van der Waals surface area contributed by atoms with Crippen molar-refractivity contribution < 1.29 is 17.9 Å². The van der Waals surface area contributed by atoms with Gasteiger partial charge < -0.3 is 9.64 Å². The van der Waals surface area contributed by atoms with E-state index in [2.05, 4.69) is 4.72 Å². The molecule has 0 bridgehead atoms. The molecule has 8 heteroatoms. The van der Waals surface area contributed by atoms with E-state index in [4.69, 9.17) is 4.74 Å². The predicted octanol–water partition coefficient (Wildman–Crippen LogP) is 2.00. The minimum absolute atomic E-state index is 0.112. The highest BCUT2D eigenvalue weighted by Gasteiger charge is 2.24. The van der Waals surface area contributed by atoms with Crippen molar-refractivity contribution in [3.8, 4) is 5.75 Å². The van der Waals surface area contributed by atoms with Gasteiger partial charge in [0.05, 0.1) is 16.3 Å². The van der Waals surface area contributed by atoms with Gasteiger partial charge in [0.2, 0.25) is 10.0 Å². The van der Waals surface area contributed by atoms with Crippen molar-refractivity contribution in [1.82, 2.24) is 9.62 Å². The average Bonchev–Trinajstić information content (AvgIpc) is 2.97. The molecular formula is C16H18N2O4S2. The number of nitrogens with one attached hydrogen (secondary N) is 1. The van der Waals surface area contributed by atoms with E-state index < -0.39 is 10.0 Å². The zero-order valence-corrected chi connectivity index (χ0v) is 15.0. The number of carbonyl (C=O) groups is 1. The van der Waals surface area contributed by atoms with Gasteiger partial charge in [-0.25, -0.2) is 13.1 Å². The summed E-state index contributed by atoms with van der Waals surface area (Å²) in [6.07, 6.45) is 0. The summed E-state index contributed by atoms with van der Waals surface area (Å²) >= 11 is 1.13. The number of fused-ring (bicyclic) bond motifs is 1. The quantitative estimate of drug-likeness (QED) is 0.901. The van der Waals surface area contributed by atoms with Crippen LogP contribution < -0.4 is 9.46 Å². The molecule has 0 unspecified atom stereocenters. The highest BCUT2D eigenvalue weighted by Crippen LogP contribution is 2.26. The lowest BCUT2D eigenvalue weighted by Gasteiger charge is -2.19. The molecule has 128 valence electrons. The molecule has 2 heterocycles. The van der Waals surface area contributed by atoms with E-state index >= 15 is 0 Å². The normalized spacial score (nSPS) is 14.7. The second-order valence-corrected chi connectivity index (χ2v) is 8.34. The van der Waals surface area contributed by atoms with E-state index in [-0.39, 0.29) is 10.8 Å². The Morgan fingerprint density at radius 1 is 1.33 bits per heavy atom. The van der Waals surface area contributed by atoms with Crippen molar-refractivity contribution in [1.29, 1.82) is 0 Å². The van der Waals surface area contributed by atoms with Gasteiger partial charge >= 0.3 is 0 Å². The smallest absolute Gasteiger partial charge is 0.264 e. The fraction of sp³-hybridized carbons (Fsp3) is 0.312. The fourth-order valence-corrected chi connectivity index (χ4v) is 4.51. The molecule has 3 rings (SSSR count). The molecule has 1 aliphatic heterocycles. The molecule has 1 aliphatic rings. The number of hydrogen-bond acceptors (Lipinski definition) is 5. The zero-order valence-electron chi connectivity index (χ0n) is 13.4. The van der Waals surface area contributed by atoms with Crippen molar-refractivity contribution in [2.75, 3.05) is 20.2 Å². The maximum atomic E-state index is 12.7. The fourth-order valence-electron chi connectivity index (χ4n) is 2.54. The number of thiophene rings is 1. The van der Waals surface area contributed by atoms with Gasteiger partial charge in [-0.15, -0.1) is 11.3 Å². The first-order valence-electron chi connectivity index (χ1n) is 7.44. The van der Waals surface area contributed by atoms with Crippen molar-refractivity contribution in [2.24, 2.45) is 0 Å². The maximum Gasteiger partial charge on any atom is 0.264 e. The van der Waals surface area contributed by atoms with E-state index in [9.17, 15) is 13.2 Å². The third kappa shape index (κ3) is 3.31. The van der Waals surface area contributed by atoms with E-state index in [1.54, 1.807) is 4.90 Å². The number of nitrogens with zero attached hydrogens (tertiary/aromatic N) is 1. The number of benzene rings is 1. The van der Waals surface area contributed by atoms with Gasteiger partial charge in [0.25, 0.3) is 5.91 Å². The first-order chi connectivity index (χ1) is 11.4. The SMILES string of the molecule is CNS(=O)(=O)c1csc(C(=O)N2CCOc3ccc(C)cc3C2)c1. The number of amides is 1. The Bertz CT molecular complexity index is 874. The van der Waals surface area contributed by atoms with Crippen molar-refractivity contribution in [2.45, 2.75) is 18.4 Å². The van der Waals surface area contributed by atoms with Gasteiger partial charge in [-0.2, -0.15) is 0 Å². The lowest BCUT2D eigenvalue weighted by Crippen LogP contribution is -2.32. The third-order valence-corrected chi connectivity index (χ3v) is 6.31. The molecule has 0 saturated heterocycles. The highest BCUT2D eigenvalue weighted by atomic mass is 32.2. The van der Waals surface area contributed by atoms with E-state index in [0.29, 0.717) is 24.6 Å². The van der Waals surface area contributed by atoms with Gasteiger partial charge in [-0.05, 0) is 26.1 Å². The van der Waals surface area contributed by atoms with Crippen molar-refractivity contribution in [3.05, 3.63) is 45.6 Å². The molecule has 24 heavy (non-hydrogen) atoms. The Balaban J connectivity index is 1.85. The molecule has 0 radical (unpaired) electrons. The molecule has 1 aromatic heterocycles. The third-order valence-electron chi connectivity index (χ3n) is 3.85. The van der Waals surface area contributed by atoms with Crippen LogP contribution >= 0.6 is 11.3 Å². The summed E-state index contributed by atoms with van der Waals surface area (Å²) < 4.78 is 31.6. The second-order valence-electron chi connectivity index (χ2n) is 5.54. The van der Waals surface area contributed by atoms with Crippen LogP contribution in [0, 0.1) is 6.92 Å². The summed E-state index contributed by atoms with van der Waals surface area (Å²) in [6, 6.07) is 7.32. The second kappa shape index (κ2) is 6.54. The Morgan fingerprint density at radius 3 is 2.88 bits per heavy atom. The zero-order chi connectivity index (χ0) is 17.3. The first-order valence-corrected chi connectivity index (χ1v) is 9.80. The molecule has 1 aromatic carbocycles. The van der Waals surface area contributed by atoms with E-state index in [1.165, 1.54) is 18.5 Å². The molecule has 0 aliphatic carbocycles. The molecule has 0 spiro atoms. The molecule has 0 saturated carbocycles. The number of ether oxygens (including phenoxy) is 1. The van der Waals surface area contributed by atoms with Gasteiger partial charge in [0.1, 0.15) is 12.4 Å². The van der Waals surface area contributed by atoms with Gasteiger partial charge in [0.15, 0.2) is 0 Å². The van der Waals surface area contributed by atoms with Crippen LogP contribution in [0.15, 0.2) is 34.5 Å². The van der Waals surface area contributed by atoms with Gasteiger partial charge in [0, 0.05) is 17.5 Å². The van der Waals surface area contributed by atoms with Crippen LogP contribution in [-0.2, 0) is 16.6 Å². The lowest BCUT2D eigenvalue weighted by atomic mass is 10.1. The number of sulfonamides is 1. The van der Waals surface area contributed by atoms with E-state index in [1.807, 2.05) is 25.1 Å². The monoisotopic (exact) mass is 366 g/mol. The molecule has 0 fully saturated rings. The Kier molecular flexibility index (Phi) is 4.62. The number of carbonyl (C=O) groups excluding carboxylic acids is 1. The summed E-state index contributed by atoms with van der Waals surface area (Å²) in [6.45, 7) is 3.31. The molecule has 1 N–H and O–H groups in total. The number of rotatable bonds is 3. The summed E-state index contributed by atoms with van der Waals surface area (Å²) in [5.41, 5.74) is 2.06. The Hall–Kier alpha value is -1.90. The molecule has 1 amide bonds. The van der Waals surface area contributed by atoms with Crippen LogP contribution in [0.2, 0.25) is 0 Å². The predicted molar refractivity (Wildman–Crippen MR) is 92.0 cm³/mol. The first kappa shape index (κ1) is 16.9. The minimum atomic E-state index is -3.54. The number of hydrogen-bond donors (Lipinski definition) is 1. The van der Waals surface area contributed by atoms with Gasteiger partial charge in [-0.1, -0.05) is 17.7 Å². The van der Waals surface area contributed by atoms with Crippen LogP contribution in [0.5, 0.6) is 5.75 Å². The number of aryl methyl sites for hydroxylation is 1. The summed E-state index contributed by atoms with van der Waals surface area (Å²) in [7, 11) is -2.19. The lowest BCUT2D eigenvalue weighted by molar-refractivity contribution is 0.0738. The summed E-state index contributed by atoms with van der Waals surface area (Å²) in [5, 5.41) is 1.48. The van der Waals surface area contributed by atoms with Crippen molar-refractivity contribution >= 4 is 27.3 Å². The van der Waals surface area contributed by atoms with E-state index in [0.717, 1.165) is 28.2 Å². The van der Waals surface area contributed by atoms with Gasteiger partial charge in [-0.3, -0.25) is 4.79 Å². The summed E-state index contributed by atoms with van der Waals surface area (Å²) in [4.78, 5) is 14.9. The van der Waals surface area contributed by atoms with Crippen LogP contribution in [0.1, 0.15) is 20.8 Å². The average molecular weight is 366 g/mol. The highest BCUT2D eigenvalue weighted by molar-refractivity contribution is 7.89. The Labute approximate surface area is 145 Å². The Morgan fingerprint density at radius 2 is 2.12 bits per heavy atom.